The Morgan fingerprint density at radius 1 is 1.50 bits per heavy atom. The first-order chi connectivity index (χ1) is 9.46. The molecular formula is C13H16FN3O3. The van der Waals surface area contributed by atoms with Crippen LogP contribution in [-0.4, -0.2) is 17.4 Å². The highest BCUT2D eigenvalue weighted by Gasteiger charge is 2.37. The van der Waals surface area contributed by atoms with Gasteiger partial charge in [0.15, 0.2) is 5.82 Å². The summed E-state index contributed by atoms with van der Waals surface area (Å²) >= 11 is 0. The van der Waals surface area contributed by atoms with Crippen LogP contribution in [0, 0.1) is 21.3 Å². The molecule has 6 nitrogen and oxygen atoms in total. The number of nitrogens with two attached hydrogens (primary N) is 1. The molecule has 1 aliphatic carbocycles. The molecule has 7 heteroatoms. The second kappa shape index (κ2) is 5.54. The number of carbonyl (C=O) groups excluding carboxylic acids is 1. The van der Waals surface area contributed by atoms with Crippen molar-refractivity contribution in [3.63, 3.8) is 0 Å². The van der Waals surface area contributed by atoms with E-state index in [1.54, 1.807) is 0 Å². The predicted octanol–water partition coefficient (Wildman–Crippen LogP) is 2.19. The maximum absolute atomic E-state index is 13.6. The van der Waals surface area contributed by atoms with E-state index in [1.165, 1.54) is 6.07 Å². The lowest BCUT2D eigenvalue weighted by Gasteiger charge is -2.40. The number of rotatable bonds is 5. The standard InChI is InChI=1S/C13H16FN3O3/c14-10-6-9(17(19)20)2-3-11(10)16-12(18)7-13(8-15)4-1-5-13/h2-3,6H,1,4-5,7-8,15H2,(H,16,18). The Bertz CT molecular complexity index is 538. The summed E-state index contributed by atoms with van der Waals surface area (Å²) in [6.45, 7) is 0.434. The molecule has 0 aromatic heterocycles. The topological polar surface area (TPSA) is 98.3 Å². The lowest BCUT2D eigenvalue weighted by atomic mass is 9.66. The molecule has 0 saturated heterocycles. The van der Waals surface area contributed by atoms with Gasteiger partial charge in [-0.25, -0.2) is 4.39 Å². The average molecular weight is 281 g/mol. The fraction of sp³-hybridized carbons (Fsp3) is 0.462. The number of nitrogens with zero attached hydrogens (tertiary/aromatic N) is 1. The molecule has 1 aromatic rings. The number of non-ortho nitro benzene ring substituents is 1. The number of nitro benzene ring substituents is 1. The zero-order chi connectivity index (χ0) is 14.8. The summed E-state index contributed by atoms with van der Waals surface area (Å²) in [7, 11) is 0. The minimum Gasteiger partial charge on any atom is -0.330 e. The molecule has 0 atom stereocenters. The molecule has 2 rings (SSSR count). The molecule has 0 spiro atoms. The number of hydrogen-bond donors (Lipinski definition) is 2. The molecule has 1 saturated carbocycles. The smallest absolute Gasteiger partial charge is 0.272 e. The number of hydrogen-bond acceptors (Lipinski definition) is 4. The normalized spacial score (nSPS) is 16.3. The number of anilines is 1. The lowest BCUT2D eigenvalue weighted by Crippen LogP contribution is -2.40. The van der Waals surface area contributed by atoms with Gasteiger partial charge in [0.2, 0.25) is 5.91 Å². The van der Waals surface area contributed by atoms with E-state index in [-0.39, 0.29) is 29.1 Å². The molecule has 1 amide bonds. The van der Waals surface area contributed by atoms with Crippen molar-refractivity contribution in [2.75, 3.05) is 11.9 Å². The first kappa shape index (κ1) is 14.4. The minimum atomic E-state index is -0.817. The molecule has 1 aromatic carbocycles. The van der Waals surface area contributed by atoms with Gasteiger partial charge in [0.05, 0.1) is 16.7 Å². The largest absolute Gasteiger partial charge is 0.330 e. The van der Waals surface area contributed by atoms with E-state index in [9.17, 15) is 19.3 Å². The van der Waals surface area contributed by atoms with Gasteiger partial charge in [0.25, 0.3) is 5.69 Å². The van der Waals surface area contributed by atoms with Crippen LogP contribution in [0.1, 0.15) is 25.7 Å². The SMILES string of the molecule is NCC1(CC(=O)Nc2ccc([N+](=O)[O-])cc2F)CCC1. The highest BCUT2D eigenvalue weighted by atomic mass is 19.1. The molecule has 3 N–H and O–H groups in total. The van der Waals surface area contributed by atoms with Crippen LogP contribution >= 0.6 is 0 Å². The van der Waals surface area contributed by atoms with Crippen molar-refractivity contribution in [1.29, 1.82) is 0 Å². The zero-order valence-corrected chi connectivity index (χ0v) is 10.9. The van der Waals surface area contributed by atoms with Crippen LogP contribution in [0.15, 0.2) is 18.2 Å². The zero-order valence-electron chi connectivity index (χ0n) is 10.9. The van der Waals surface area contributed by atoms with E-state index in [2.05, 4.69) is 5.32 Å². The monoisotopic (exact) mass is 281 g/mol. The summed E-state index contributed by atoms with van der Waals surface area (Å²) in [6, 6.07) is 3.14. The van der Waals surface area contributed by atoms with Gasteiger partial charge in [-0.3, -0.25) is 14.9 Å². The van der Waals surface area contributed by atoms with Crippen molar-refractivity contribution in [1.82, 2.24) is 0 Å². The number of halogens is 1. The molecule has 0 radical (unpaired) electrons. The third kappa shape index (κ3) is 2.93. The Morgan fingerprint density at radius 2 is 2.20 bits per heavy atom. The van der Waals surface area contributed by atoms with E-state index in [1.807, 2.05) is 0 Å². The van der Waals surface area contributed by atoms with Crippen LogP contribution in [0.2, 0.25) is 0 Å². The summed E-state index contributed by atoms with van der Waals surface area (Å²) in [4.78, 5) is 21.7. The second-order valence-electron chi connectivity index (χ2n) is 5.20. The van der Waals surface area contributed by atoms with Gasteiger partial charge in [0, 0.05) is 12.5 Å². The minimum absolute atomic E-state index is 0.0490. The average Bonchev–Trinajstić information content (AvgIpc) is 2.36. The third-order valence-corrected chi connectivity index (χ3v) is 3.82. The number of amides is 1. The number of benzene rings is 1. The van der Waals surface area contributed by atoms with Gasteiger partial charge in [-0.15, -0.1) is 0 Å². The van der Waals surface area contributed by atoms with Crippen LogP contribution in [0.3, 0.4) is 0 Å². The first-order valence-corrected chi connectivity index (χ1v) is 6.40. The molecule has 0 aliphatic heterocycles. The Hall–Kier alpha value is -2.02. The number of carbonyl (C=O) groups is 1. The summed E-state index contributed by atoms with van der Waals surface area (Å²) in [5.74, 6) is -1.13. The fourth-order valence-corrected chi connectivity index (χ4v) is 2.38. The van der Waals surface area contributed by atoms with Crippen LogP contribution < -0.4 is 11.1 Å². The van der Waals surface area contributed by atoms with E-state index in [4.69, 9.17) is 5.73 Å². The first-order valence-electron chi connectivity index (χ1n) is 6.40. The highest BCUT2D eigenvalue weighted by Crippen LogP contribution is 2.43. The lowest BCUT2D eigenvalue weighted by molar-refractivity contribution is -0.385. The van der Waals surface area contributed by atoms with Crippen molar-refractivity contribution in [2.24, 2.45) is 11.1 Å². The van der Waals surface area contributed by atoms with Crippen molar-refractivity contribution in [3.8, 4) is 0 Å². The molecular weight excluding hydrogens is 265 g/mol. The van der Waals surface area contributed by atoms with Gasteiger partial charge in [-0.05, 0) is 30.9 Å². The van der Waals surface area contributed by atoms with E-state index in [0.29, 0.717) is 6.54 Å². The van der Waals surface area contributed by atoms with Crippen molar-refractivity contribution in [2.45, 2.75) is 25.7 Å². The molecule has 1 aliphatic rings. The Balaban J connectivity index is 2.02. The van der Waals surface area contributed by atoms with Crippen LogP contribution in [-0.2, 0) is 4.79 Å². The quantitative estimate of drug-likeness (QED) is 0.638. The van der Waals surface area contributed by atoms with Crippen molar-refractivity contribution < 1.29 is 14.1 Å². The van der Waals surface area contributed by atoms with Gasteiger partial charge in [-0.1, -0.05) is 6.42 Å². The molecule has 20 heavy (non-hydrogen) atoms. The summed E-state index contributed by atoms with van der Waals surface area (Å²) < 4.78 is 13.6. The summed E-state index contributed by atoms with van der Waals surface area (Å²) in [6.07, 6.45) is 3.11. The third-order valence-electron chi connectivity index (χ3n) is 3.82. The number of nitrogens with one attached hydrogen (secondary N) is 1. The Morgan fingerprint density at radius 3 is 2.65 bits per heavy atom. The highest BCUT2D eigenvalue weighted by molar-refractivity contribution is 5.91. The Labute approximate surface area is 115 Å². The molecule has 0 bridgehead atoms. The van der Waals surface area contributed by atoms with E-state index in [0.717, 1.165) is 31.4 Å². The summed E-state index contributed by atoms with van der Waals surface area (Å²) in [5, 5.41) is 12.9. The van der Waals surface area contributed by atoms with Crippen LogP contribution in [0.25, 0.3) is 0 Å². The van der Waals surface area contributed by atoms with Crippen LogP contribution in [0.5, 0.6) is 0 Å². The summed E-state index contributed by atoms with van der Waals surface area (Å²) in [5.41, 5.74) is 5.10. The fourth-order valence-electron chi connectivity index (χ4n) is 2.38. The number of nitro groups is 1. The van der Waals surface area contributed by atoms with Gasteiger partial charge in [0.1, 0.15) is 0 Å². The molecule has 0 unspecified atom stereocenters. The molecule has 0 heterocycles. The van der Waals surface area contributed by atoms with E-state index < -0.39 is 10.7 Å². The molecule has 1 fully saturated rings. The van der Waals surface area contributed by atoms with Crippen LogP contribution in [0.4, 0.5) is 15.8 Å². The van der Waals surface area contributed by atoms with E-state index >= 15 is 0 Å². The second-order valence-corrected chi connectivity index (χ2v) is 5.20. The maximum atomic E-state index is 13.6. The molecule has 108 valence electrons. The van der Waals surface area contributed by atoms with Gasteiger partial charge < -0.3 is 11.1 Å². The van der Waals surface area contributed by atoms with Gasteiger partial charge >= 0.3 is 0 Å². The van der Waals surface area contributed by atoms with Crippen molar-refractivity contribution in [3.05, 3.63) is 34.1 Å². The predicted molar refractivity (Wildman–Crippen MR) is 71.6 cm³/mol. The van der Waals surface area contributed by atoms with Crippen molar-refractivity contribution >= 4 is 17.3 Å². The van der Waals surface area contributed by atoms with Gasteiger partial charge in [-0.2, -0.15) is 0 Å². The maximum Gasteiger partial charge on any atom is 0.272 e. The Kier molecular flexibility index (Phi) is 3.99.